The van der Waals surface area contributed by atoms with Gasteiger partial charge in [-0.3, -0.25) is 0 Å². The van der Waals surface area contributed by atoms with Crippen molar-refractivity contribution in [2.45, 2.75) is 26.7 Å². The van der Waals surface area contributed by atoms with Crippen molar-refractivity contribution in [1.82, 2.24) is 4.90 Å². The fourth-order valence-corrected chi connectivity index (χ4v) is 1.88. The van der Waals surface area contributed by atoms with Crippen LogP contribution >= 0.6 is 0 Å². The first-order valence-electron chi connectivity index (χ1n) is 7.56. The molecule has 6 heteroatoms. The van der Waals surface area contributed by atoms with E-state index in [9.17, 15) is 9.59 Å². The van der Waals surface area contributed by atoms with Gasteiger partial charge in [-0.1, -0.05) is 13.8 Å². The monoisotopic (exact) mass is 308 g/mol. The van der Waals surface area contributed by atoms with E-state index in [-0.39, 0.29) is 18.6 Å². The predicted molar refractivity (Wildman–Crippen MR) is 85.0 cm³/mol. The Labute approximate surface area is 131 Å². The minimum atomic E-state index is -0.368. The van der Waals surface area contributed by atoms with Crippen LogP contribution in [-0.4, -0.2) is 48.3 Å². The highest BCUT2D eigenvalue weighted by atomic mass is 16.5. The van der Waals surface area contributed by atoms with Crippen molar-refractivity contribution >= 4 is 17.7 Å². The van der Waals surface area contributed by atoms with Crippen molar-refractivity contribution in [1.29, 1.82) is 0 Å². The van der Waals surface area contributed by atoms with E-state index in [0.717, 1.165) is 12.8 Å². The van der Waals surface area contributed by atoms with Crippen LogP contribution in [0.25, 0.3) is 0 Å². The molecule has 0 aliphatic rings. The van der Waals surface area contributed by atoms with E-state index < -0.39 is 0 Å². The molecule has 0 radical (unpaired) electrons. The molecule has 0 atom stereocenters. The summed E-state index contributed by atoms with van der Waals surface area (Å²) in [6.45, 7) is 5.09. The number of hydrogen-bond acceptors (Lipinski definition) is 4. The minimum Gasteiger partial charge on any atom is -0.462 e. The molecule has 0 fully saturated rings. The van der Waals surface area contributed by atoms with Crippen molar-refractivity contribution in [3.8, 4) is 0 Å². The van der Waals surface area contributed by atoms with E-state index in [1.165, 1.54) is 0 Å². The van der Waals surface area contributed by atoms with Gasteiger partial charge in [-0.2, -0.15) is 0 Å². The number of anilines is 1. The zero-order valence-electron chi connectivity index (χ0n) is 13.2. The Morgan fingerprint density at radius 2 is 1.82 bits per heavy atom. The van der Waals surface area contributed by atoms with Crippen LogP contribution in [-0.2, 0) is 4.74 Å². The van der Waals surface area contributed by atoms with Crippen LogP contribution in [0.4, 0.5) is 10.5 Å². The average molecular weight is 308 g/mol. The Balaban J connectivity index is 2.62. The Morgan fingerprint density at radius 3 is 2.36 bits per heavy atom. The molecule has 2 N–H and O–H groups in total. The van der Waals surface area contributed by atoms with Crippen LogP contribution in [0, 0.1) is 0 Å². The van der Waals surface area contributed by atoms with Crippen molar-refractivity contribution in [3.05, 3.63) is 29.8 Å². The van der Waals surface area contributed by atoms with E-state index in [1.54, 1.807) is 29.2 Å². The summed E-state index contributed by atoms with van der Waals surface area (Å²) in [5.41, 5.74) is 1.04. The number of urea groups is 1. The lowest BCUT2D eigenvalue weighted by Crippen LogP contribution is -2.37. The van der Waals surface area contributed by atoms with Gasteiger partial charge in [0.15, 0.2) is 0 Å². The third-order valence-electron chi connectivity index (χ3n) is 2.96. The molecule has 0 spiro atoms. The number of aliphatic hydroxyl groups is 1. The van der Waals surface area contributed by atoms with Gasteiger partial charge in [0.05, 0.1) is 18.8 Å². The van der Waals surface area contributed by atoms with Gasteiger partial charge in [0.2, 0.25) is 0 Å². The third kappa shape index (κ3) is 5.73. The SMILES string of the molecule is CCCOC(=O)c1ccc(NC(=O)N(CCC)CCO)cc1. The number of rotatable bonds is 8. The highest BCUT2D eigenvalue weighted by Gasteiger charge is 2.12. The average Bonchev–Trinajstić information content (AvgIpc) is 2.53. The second kappa shape index (κ2) is 9.78. The molecule has 122 valence electrons. The fourth-order valence-electron chi connectivity index (χ4n) is 1.88. The molecule has 0 saturated carbocycles. The molecule has 0 unspecified atom stereocenters. The van der Waals surface area contributed by atoms with Crippen molar-refractivity contribution < 1.29 is 19.4 Å². The van der Waals surface area contributed by atoms with Gasteiger partial charge in [-0.25, -0.2) is 9.59 Å². The molecular weight excluding hydrogens is 284 g/mol. The molecule has 0 bridgehead atoms. The molecule has 0 aliphatic carbocycles. The normalized spacial score (nSPS) is 10.1. The summed E-state index contributed by atoms with van der Waals surface area (Å²) in [5, 5.41) is 11.7. The number of amides is 2. The zero-order valence-corrected chi connectivity index (χ0v) is 13.2. The summed E-state index contributed by atoms with van der Waals surface area (Å²) in [4.78, 5) is 25.3. The molecule has 6 nitrogen and oxygen atoms in total. The Bertz CT molecular complexity index is 468. The minimum absolute atomic E-state index is 0.0738. The number of carbonyl (C=O) groups is 2. The van der Waals surface area contributed by atoms with Gasteiger partial charge in [-0.05, 0) is 37.1 Å². The topological polar surface area (TPSA) is 78.9 Å². The predicted octanol–water partition coefficient (Wildman–Crippen LogP) is 2.49. The summed E-state index contributed by atoms with van der Waals surface area (Å²) < 4.78 is 5.04. The quantitative estimate of drug-likeness (QED) is 0.723. The number of benzene rings is 1. The number of carbonyl (C=O) groups excluding carboxylic acids is 2. The number of nitrogens with zero attached hydrogens (tertiary/aromatic N) is 1. The second-order valence-electron chi connectivity index (χ2n) is 4.85. The van der Waals surface area contributed by atoms with E-state index in [0.29, 0.717) is 30.9 Å². The lowest BCUT2D eigenvalue weighted by atomic mass is 10.2. The fraction of sp³-hybridized carbons (Fsp3) is 0.500. The summed E-state index contributed by atoms with van der Waals surface area (Å²) in [5.74, 6) is -0.368. The maximum absolute atomic E-state index is 12.1. The van der Waals surface area contributed by atoms with Crippen molar-refractivity contribution in [2.75, 3.05) is 31.6 Å². The maximum Gasteiger partial charge on any atom is 0.338 e. The smallest absolute Gasteiger partial charge is 0.338 e. The summed E-state index contributed by atoms with van der Waals surface area (Å²) in [6, 6.07) is 6.28. The first-order valence-corrected chi connectivity index (χ1v) is 7.56. The van der Waals surface area contributed by atoms with E-state index >= 15 is 0 Å². The molecule has 1 aromatic rings. The molecule has 0 saturated heterocycles. The standard InChI is InChI=1S/C16H24N2O4/c1-3-9-18(10-11-19)16(21)17-14-7-5-13(6-8-14)15(20)22-12-4-2/h5-8,19H,3-4,9-12H2,1-2H3,(H,17,21). The molecule has 2 amide bonds. The number of hydrogen-bond donors (Lipinski definition) is 2. The molecule has 22 heavy (non-hydrogen) atoms. The van der Waals surface area contributed by atoms with Crippen molar-refractivity contribution in [2.24, 2.45) is 0 Å². The Hall–Kier alpha value is -2.08. The third-order valence-corrected chi connectivity index (χ3v) is 2.96. The van der Waals surface area contributed by atoms with E-state index in [1.807, 2.05) is 13.8 Å². The van der Waals surface area contributed by atoms with Crippen LogP contribution < -0.4 is 5.32 Å². The van der Waals surface area contributed by atoms with Gasteiger partial charge >= 0.3 is 12.0 Å². The summed E-state index contributed by atoms with van der Waals surface area (Å²) >= 11 is 0. The Morgan fingerprint density at radius 1 is 1.14 bits per heavy atom. The lowest BCUT2D eigenvalue weighted by Gasteiger charge is -2.21. The van der Waals surface area contributed by atoms with Gasteiger partial charge in [0.1, 0.15) is 0 Å². The maximum atomic E-state index is 12.1. The van der Waals surface area contributed by atoms with Crippen LogP contribution in [0.15, 0.2) is 24.3 Å². The van der Waals surface area contributed by atoms with Gasteiger partial charge in [-0.15, -0.1) is 0 Å². The first-order chi connectivity index (χ1) is 10.6. The van der Waals surface area contributed by atoms with Gasteiger partial charge in [0, 0.05) is 18.8 Å². The number of esters is 1. The largest absolute Gasteiger partial charge is 0.462 e. The van der Waals surface area contributed by atoms with E-state index in [4.69, 9.17) is 9.84 Å². The highest BCUT2D eigenvalue weighted by molar-refractivity contribution is 5.92. The number of nitrogens with one attached hydrogen (secondary N) is 1. The Kier molecular flexibility index (Phi) is 7.99. The molecule has 1 aromatic carbocycles. The summed E-state index contributed by atoms with van der Waals surface area (Å²) in [7, 11) is 0. The molecular formula is C16H24N2O4. The summed E-state index contributed by atoms with van der Waals surface area (Å²) in [6.07, 6.45) is 1.59. The van der Waals surface area contributed by atoms with Crippen LogP contribution in [0.2, 0.25) is 0 Å². The lowest BCUT2D eigenvalue weighted by molar-refractivity contribution is 0.0505. The second-order valence-corrected chi connectivity index (χ2v) is 4.85. The first kappa shape index (κ1) is 18.0. The molecule has 0 aromatic heterocycles. The number of ether oxygens (including phenoxy) is 1. The van der Waals surface area contributed by atoms with E-state index in [2.05, 4.69) is 5.32 Å². The van der Waals surface area contributed by atoms with Crippen LogP contribution in [0.3, 0.4) is 0 Å². The molecule has 1 rings (SSSR count). The van der Waals surface area contributed by atoms with Gasteiger partial charge < -0.3 is 20.1 Å². The van der Waals surface area contributed by atoms with Crippen molar-refractivity contribution in [3.63, 3.8) is 0 Å². The van der Waals surface area contributed by atoms with Crippen LogP contribution in [0.1, 0.15) is 37.0 Å². The molecule has 0 heterocycles. The highest BCUT2D eigenvalue weighted by Crippen LogP contribution is 2.11. The van der Waals surface area contributed by atoms with Gasteiger partial charge in [0.25, 0.3) is 0 Å². The van der Waals surface area contributed by atoms with Crippen LogP contribution in [0.5, 0.6) is 0 Å². The number of aliphatic hydroxyl groups excluding tert-OH is 1. The zero-order chi connectivity index (χ0) is 16.4. The molecule has 0 aliphatic heterocycles.